The maximum atomic E-state index is 14.7. The zero-order valence-corrected chi connectivity index (χ0v) is 21.2. The third kappa shape index (κ3) is 6.14. The van der Waals surface area contributed by atoms with Crippen molar-refractivity contribution >= 4 is 17.5 Å². The molecule has 1 aromatic heterocycles. The summed E-state index contributed by atoms with van der Waals surface area (Å²) in [6, 6.07) is 4.46. The molecule has 2 unspecified atom stereocenters. The summed E-state index contributed by atoms with van der Waals surface area (Å²) in [6.45, 7) is 5.42. The summed E-state index contributed by atoms with van der Waals surface area (Å²) in [6.07, 6.45) is 0.108. The Labute approximate surface area is 213 Å². The van der Waals surface area contributed by atoms with Gasteiger partial charge in [0, 0.05) is 24.5 Å². The largest absolute Gasteiger partial charge is 0.479 e. The Balaban J connectivity index is 1.52. The number of aromatic nitrogens is 1. The molecule has 1 saturated carbocycles. The lowest BCUT2D eigenvalue weighted by molar-refractivity contribution is -0.129. The molecule has 2 aromatic rings. The second kappa shape index (κ2) is 10.2. The predicted molar refractivity (Wildman–Crippen MR) is 129 cm³/mol. The number of alkyl halides is 2. The van der Waals surface area contributed by atoms with Crippen LogP contribution in [-0.2, 0) is 22.6 Å². The number of methoxy groups -OCH3 is 1. The van der Waals surface area contributed by atoms with Crippen LogP contribution < -0.4 is 15.4 Å². The van der Waals surface area contributed by atoms with Crippen molar-refractivity contribution in [3.63, 3.8) is 0 Å². The number of hydrogen-bond acceptors (Lipinski definition) is 6. The van der Waals surface area contributed by atoms with E-state index in [0.29, 0.717) is 23.3 Å². The molecule has 4 rings (SSSR count). The molecule has 0 saturated heterocycles. The first-order chi connectivity index (χ1) is 17.4. The van der Waals surface area contributed by atoms with Gasteiger partial charge in [-0.15, -0.1) is 0 Å². The van der Waals surface area contributed by atoms with E-state index in [4.69, 9.17) is 9.26 Å². The summed E-state index contributed by atoms with van der Waals surface area (Å²) < 4.78 is 51.5. The topological polar surface area (TPSA) is 106 Å². The van der Waals surface area contributed by atoms with Gasteiger partial charge in [0.1, 0.15) is 17.6 Å². The van der Waals surface area contributed by atoms with Gasteiger partial charge in [-0.25, -0.2) is 13.2 Å². The fourth-order valence-corrected chi connectivity index (χ4v) is 4.80. The Morgan fingerprint density at radius 1 is 1.27 bits per heavy atom. The van der Waals surface area contributed by atoms with Crippen LogP contribution in [-0.4, -0.2) is 47.8 Å². The monoisotopic (exact) mass is 520 g/mol. The maximum Gasteiger partial charge on any atom is 0.270 e. The van der Waals surface area contributed by atoms with Crippen LogP contribution in [0.3, 0.4) is 0 Å². The Hall–Kier alpha value is -3.37. The van der Waals surface area contributed by atoms with Gasteiger partial charge in [-0.1, -0.05) is 32.9 Å². The van der Waals surface area contributed by atoms with Crippen LogP contribution >= 0.6 is 0 Å². The first-order valence-electron chi connectivity index (χ1n) is 12.2. The Bertz CT molecular complexity index is 1200. The van der Waals surface area contributed by atoms with E-state index in [0.717, 1.165) is 0 Å². The minimum atomic E-state index is -2.67. The van der Waals surface area contributed by atoms with Crippen molar-refractivity contribution in [2.45, 2.75) is 71.0 Å². The number of nitrogens with one attached hydrogen (secondary N) is 2. The molecule has 1 aromatic carbocycles. The fraction of sp³-hybridized carbons (Fsp3) is 0.538. The molecule has 1 aliphatic heterocycles. The highest BCUT2D eigenvalue weighted by atomic mass is 19.3. The molecule has 2 amide bonds. The summed E-state index contributed by atoms with van der Waals surface area (Å²) in [5.74, 6) is -3.83. The summed E-state index contributed by atoms with van der Waals surface area (Å²) in [5, 5.41) is 9.17. The van der Waals surface area contributed by atoms with Crippen molar-refractivity contribution in [3.8, 4) is 5.88 Å². The molecule has 1 fully saturated rings. The van der Waals surface area contributed by atoms with Crippen LogP contribution in [0.25, 0.3) is 0 Å². The first kappa shape index (κ1) is 26.7. The molecular formula is C26H31F3N4O4. The SMILES string of the molecule is COc1cc(CNC(=O)C(NC(=O)C2=NC(CC3CC(F)(F)C3)Cc3c(F)cccc32)C(C)(C)C)on1. The van der Waals surface area contributed by atoms with Crippen LogP contribution in [0, 0.1) is 17.2 Å². The molecule has 11 heteroatoms. The van der Waals surface area contributed by atoms with E-state index in [1.165, 1.54) is 25.3 Å². The van der Waals surface area contributed by atoms with Gasteiger partial charge in [0.2, 0.25) is 11.8 Å². The van der Waals surface area contributed by atoms with E-state index in [2.05, 4.69) is 20.8 Å². The quantitative estimate of drug-likeness (QED) is 0.551. The van der Waals surface area contributed by atoms with Crippen molar-refractivity contribution < 1.29 is 32.0 Å². The van der Waals surface area contributed by atoms with Gasteiger partial charge < -0.3 is 19.9 Å². The van der Waals surface area contributed by atoms with Gasteiger partial charge in [0.25, 0.3) is 11.8 Å². The van der Waals surface area contributed by atoms with Crippen LogP contribution in [0.5, 0.6) is 5.88 Å². The molecular weight excluding hydrogens is 489 g/mol. The Kier molecular flexibility index (Phi) is 7.34. The Morgan fingerprint density at radius 3 is 2.62 bits per heavy atom. The van der Waals surface area contributed by atoms with Gasteiger partial charge in [-0.05, 0) is 41.0 Å². The van der Waals surface area contributed by atoms with E-state index >= 15 is 0 Å². The maximum absolute atomic E-state index is 14.7. The molecule has 2 aliphatic rings. The normalized spacial score (nSPS) is 19.8. The van der Waals surface area contributed by atoms with Gasteiger partial charge >= 0.3 is 0 Å². The minimum Gasteiger partial charge on any atom is -0.479 e. The van der Waals surface area contributed by atoms with E-state index in [1.807, 2.05) is 0 Å². The number of halogens is 3. The zero-order valence-electron chi connectivity index (χ0n) is 21.2. The number of ether oxygens (including phenoxy) is 1. The lowest BCUT2D eigenvalue weighted by Gasteiger charge is -2.37. The first-order valence-corrected chi connectivity index (χ1v) is 12.2. The van der Waals surface area contributed by atoms with Crippen molar-refractivity contribution in [2.75, 3.05) is 7.11 Å². The number of hydrogen-bond donors (Lipinski definition) is 2. The average molecular weight is 521 g/mol. The molecule has 200 valence electrons. The molecule has 2 heterocycles. The standard InChI is InChI=1S/C26H31F3N4O4/c1-25(2,3)22(24(35)30-13-16-10-20(36-4)33-37-16)32-23(34)21-17-6-5-7-19(27)18(17)9-15(31-21)8-14-11-26(28,29)12-14/h5-7,10,14-15,22H,8-9,11-13H2,1-4H3,(H,30,35)(H,32,34). The molecule has 2 N–H and O–H groups in total. The number of rotatable bonds is 8. The molecule has 1 aliphatic carbocycles. The highest BCUT2D eigenvalue weighted by Gasteiger charge is 2.46. The average Bonchev–Trinajstić information content (AvgIpc) is 3.27. The van der Waals surface area contributed by atoms with Crippen LogP contribution in [0.1, 0.15) is 56.9 Å². The minimum absolute atomic E-state index is 0.00106. The van der Waals surface area contributed by atoms with Crippen molar-refractivity contribution in [2.24, 2.45) is 16.3 Å². The van der Waals surface area contributed by atoms with Crippen molar-refractivity contribution in [1.82, 2.24) is 15.8 Å². The molecule has 8 nitrogen and oxygen atoms in total. The van der Waals surface area contributed by atoms with Crippen LogP contribution in [0.4, 0.5) is 13.2 Å². The highest BCUT2D eigenvalue weighted by Crippen LogP contribution is 2.45. The third-order valence-electron chi connectivity index (χ3n) is 6.71. The molecule has 2 atom stereocenters. The zero-order chi connectivity index (χ0) is 27.0. The van der Waals surface area contributed by atoms with Crippen LogP contribution in [0.15, 0.2) is 33.8 Å². The molecule has 0 bridgehead atoms. The van der Waals surface area contributed by atoms with Crippen LogP contribution in [0.2, 0.25) is 0 Å². The molecule has 0 spiro atoms. The molecule has 37 heavy (non-hydrogen) atoms. The van der Waals surface area contributed by atoms with E-state index in [1.54, 1.807) is 26.8 Å². The van der Waals surface area contributed by atoms with Gasteiger partial charge in [-0.3, -0.25) is 14.6 Å². The number of amides is 2. The number of benzene rings is 1. The van der Waals surface area contributed by atoms with E-state index in [9.17, 15) is 22.8 Å². The number of nitrogens with zero attached hydrogens (tertiary/aromatic N) is 2. The second-order valence-electron chi connectivity index (χ2n) is 10.8. The van der Waals surface area contributed by atoms with E-state index < -0.39 is 41.1 Å². The third-order valence-corrected chi connectivity index (χ3v) is 6.71. The predicted octanol–water partition coefficient (Wildman–Crippen LogP) is 3.82. The van der Waals surface area contributed by atoms with Gasteiger partial charge in [0.15, 0.2) is 5.76 Å². The molecule has 0 radical (unpaired) electrons. The van der Waals surface area contributed by atoms with Gasteiger partial charge in [-0.2, -0.15) is 0 Å². The smallest absolute Gasteiger partial charge is 0.270 e. The van der Waals surface area contributed by atoms with Crippen molar-refractivity contribution in [1.29, 1.82) is 0 Å². The number of carbonyl (C=O) groups excluding carboxylic acids is 2. The second-order valence-corrected chi connectivity index (χ2v) is 10.8. The lowest BCUT2D eigenvalue weighted by Crippen LogP contribution is -2.55. The Morgan fingerprint density at radius 2 is 2.00 bits per heavy atom. The van der Waals surface area contributed by atoms with Crippen molar-refractivity contribution in [3.05, 3.63) is 47.0 Å². The fourth-order valence-electron chi connectivity index (χ4n) is 4.80. The summed E-state index contributed by atoms with van der Waals surface area (Å²) in [5.41, 5.74) is -0.0152. The number of fused-ring (bicyclic) bond motifs is 1. The summed E-state index contributed by atoms with van der Waals surface area (Å²) >= 11 is 0. The van der Waals surface area contributed by atoms with Gasteiger partial charge in [0.05, 0.1) is 19.7 Å². The summed E-state index contributed by atoms with van der Waals surface area (Å²) in [4.78, 5) is 31.1. The highest BCUT2D eigenvalue weighted by molar-refractivity contribution is 6.46. The number of aliphatic imine (C=N–C) groups is 1. The van der Waals surface area contributed by atoms with E-state index in [-0.39, 0.29) is 43.3 Å². The summed E-state index contributed by atoms with van der Waals surface area (Å²) in [7, 11) is 1.44. The number of carbonyl (C=O) groups is 2. The lowest BCUT2D eigenvalue weighted by atomic mass is 9.76.